The van der Waals surface area contributed by atoms with Gasteiger partial charge in [-0.25, -0.2) is 18.8 Å². The number of piperidine rings is 1. The topological polar surface area (TPSA) is 61.0 Å². The van der Waals surface area contributed by atoms with Gasteiger partial charge in [-0.1, -0.05) is 13.0 Å². The molecule has 5 nitrogen and oxygen atoms in total. The first-order valence-corrected chi connectivity index (χ1v) is 8.48. The number of nitrogens with one attached hydrogen (secondary N) is 2. The molecule has 134 valence electrons. The van der Waals surface area contributed by atoms with Crippen LogP contribution in [0.2, 0.25) is 0 Å². The Balaban J connectivity index is 1.85. The number of H-pyrrole nitrogens is 1. The van der Waals surface area contributed by atoms with Crippen LogP contribution in [0.5, 0.6) is 0 Å². The van der Waals surface area contributed by atoms with Crippen LogP contribution in [0.25, 0.3) is 0 Å². The molecule has 0 atom stereocenters. The summed E-state index contributed by atoms with van der Waals surface area (Å²) >= 11 is 0. The highest BCUT2D eigenvalue weighted by Crippen LogP contribution is 2.19. The summed E-state index contributed by atoms with van der Waals surface area (Å²) in [6.45, 7) is 5.53. The van der Waals surface area contributed by atoms with Gasteiger partial charge in [0.1, 0.15) is 11.6 Å². The second-order valence-corrected chi connectivity index (χ2v) is 6.64. The molecule has 0 saturated carbocycles. The summed E-state index contributed by atoms with van der Waals surface area (Å²) in [6, 6.07) is 3.72. The van der Waals surface area contributed by atoms with E-state index in [0.29, 0.717) is 23.1 Å². The third-order valence-corrected chi connectivity index (χ3v) is 4.71. The van der Waals surface area contributed by atoms with Crippen molar-refractivity contribution in [3.8, 4) is 0 Å². The molecule has 25 heavy (non-hydrogen) atoms. The number of aromatic nitrogens is 2. The Bertz CT molecular complexity index is 793. The molecule has 1 aliphatic heterocycles. The molecule has 0 unspecified atom stereocenters. The molecule has 1 aromatic carbocycles. The minimum absolute atomic E-state index is 0.0695. The maximum Gasteiger partial charge on any atom is 0.255 e. The number of anilines is 1. The summed E-state index contributed by atoms with van der Waals surface area (Å²) in [5.41, 5.74) is 3.43. The Labute approximate surface area is 145 Å². The van der Waals surface area contributed by atoms with Gasteiger partial charge in [-0.15, -0.1) is 0 Å². The quantitative estimate of drug-likeness (QED) is 0.892. The molecular formula is C18H22F2N4O. The third-order valence-electron chi connectivity index (χ3n) is 4.71. The van der Waals surface area contributed by atoms with Crippen LogP contribution < -0.4 is 11.0 Å². The molecule has 1 fully saturated rings. The van der Waals surface area contributed by atoms with E-state index in [9.17, 15) is 13.6 Å². The van der Waals surface area contributed by atoms with E-state index in [1.54, 1.807) is 6.92 Å². The van der Waals surface area contributed by atoms with E-state index >= 15 is 0 Å². The number of rotatable bonds is 4. The smallest absolute Gasteiger partial charge is 0.255 e. The Kier molecular flexibility index (Phi) is 5.13. The molecular weight excluding hydrogens is 326 g/mol. The number of hydrazine groups is 1. The maximum absolute atomic E-state index is 13.9. The van der Waals surface area contributed by atoms with Crippen LogP contribution in [0.15, 0.2) is 23.0 Å². The lowest BCUT2D eigenvalue weighted by atomic mass is 10.0. The van der Waals surface area contributed by atoms with E-state index in [1.165, 1.54) is 18.2 Å². The fourth-order valence-electron chi connectivity index (χ4n) is 2.94. The Morgan fingerprint density at radius 2 is 1.92 bits per heavy atom. The first-order chi connectivity index (χ1) is 11.9. The molecule has 0 amide bonds. The molecule has 2 aromatic rings. The van der Waals surface area contributed by atoms with Crippen molar-refractivity contribution in [2.75, 3.05) is 18.5 Å². The molecule has 0 spiro atoms. The van der Waals surface area contributed by atoms with Crippen molar-refractivity contribution in [2.45, 2.75) is 33.1 Å². The van der Waals surface area contributed by atoms with Gasteiger partial charge in [-0.2, -0.15) is 0 Å². The van der Waals surface area contributed by atoms with Gasteiger partial charge in [0, 0.05) is 30.6 Å². The monoisotopic (exact) mass is 348 g/mol. The highest BCUT2D eigenvalue weighted by Gasteiger charge is 2.18. The highest BCUT2D eigenvalue weighted by molar-refractivity contribution is 5.33. The van der Waals surface area contributed by atoms with Gasteiger partial charge in [0.25, 0.3) is 5.56 Å². The minimum Gasteiger partial charge on any atom is -0.291 e. The van der Waals surface area contributed by atoms with Gasteiger partial charge in [0.05, 0.1) is 5.69 Å². The number of nitrogens with zero attached hydrogens (tertiary/aromatic N) is 2. The zero-order valence-corrected chi connectivity index (χ0v) is 14.4. The third kappa shape index (κ3) is 4.04. The molecule has 1 aromatic heterocycles. The predicted molar refractivity (Wildman–Crippen MR) is 92.4 cm³/mol. The van der Waals surface area contributed by atoms with Gasteiger partial charge in [-0.05, 0) is 37.8 Å². The average molecular weight is 348 g/mol. The number of hydrogen-bond donors (Lipinski definition) is 2. The predicted octanol–water partition coefficient (Wildman–Crippen LogP) is 3.01. The lowest BCUT2D eigenvalue weighted by Gasteiger charge is -2.30. The van der Waals surface area contributed by atoms with Crippen LogP contribution in [0.1, 0.15) is 36.6 Å². The van der Waals surface area contributed by atoms with Crippen molar-refractivity contribution in [2.24, 2.45) is 5.92 Å². The number of benzene rings is 1. The molecule has 3 rings (SSSR count). The van der Waals surface area contributed by atoms with E-state index in [-0.39, 0.29) is 17.5 Å². The Morgan fingerprint density at radius 3 is 2.56 bits per heavy atom. The fraction of sp³-hybridized carbons (Fsp3) is 0.444. The van der Waals surface area contributed by atoms with Crippen LogP contribution in [-0.4, -0.2) is 28.1 Å². The lowest BCUT2D eigenvalue weighted by Crippen LogP contribution is -2.38. The molecule has 7 heteroatoms. The molecule has 2 heterocycles. The summed E-state index contributed by atoms with van der Waals surface area (Å²) in [7, 11) is 0. The van der Waals surface area contributed by atoms with Crippen LogP contribution in [0.3, 0.4) is 0 Å². The molecule has 0 bridgehead atoms. The van der Waals surface area contributed by atoms with E-state index in [1.807, 2.05) is 5.01 Å². The summed E-state index contributed by atoms with van der Waals surface area (Å²) in [5, 5.41) is 2.00. The van der Waals surface area contributed by atoms with Crippen LogP contribution in [-0.2, 0) is 6.42 Å². The van der Waals surface area contributed by atoms with Crippen molar-refractivity contribution in [1.29, 1.82) is 0 Å². The van der Waals surface area contributed by atoms with E-state index in [0.717, 1.165) is 25.9 Å². The molecule has 0 aliphatic carbocycles. The van der Waals surface area contributed by atoms with Gasteiger partial charge < -0.3 is 0 Å². The lowest BCUT2D eigenvalue weighted by molar-refractivity contribution is 0.225. The zero-order valence-electron chi connectivity index (χ0n) is 14.4. The van der Waals surface area contributed by atoms with Crippen LogP contribution >= 0.6 is 0 Å². The SMILES string of the molecule is Cc1c(Cc2c(F)cccc2F)nc(NN2CCC(C)CC2)[nH]c1=O. The van der Waals surface area contributed by atoms with Crippen LogP contribution in [0.4, 0.5) is 14.7 Å². The largest absolute Gasteiger partial charge is 0.291 e. The van der Waals surface area contributed by atoms with Crippen molar-refractivity contribution in [3.63, 3.8) is 0 Å². The summed E-state index contributed by atoms with van der Waals surface area (Å²) < 4.78 is 27.8. The average Bonchev–Trinajstić information content (AvgIpc) is 2.57. The Morgan fingerprint density at radius 1 is 1.28 bits per heavy atom. The first-order valence-electron chi connectivity index (χ1n) is 8.48. The van der Waals surface area contributed by atoms with Crippen LogP contribution in [0, 0.1) is 24.5 Å². The highest BCUT2D eigenvalue weighted by atomic mass is 19.1. The van der Waals surface area contributed by atoms with Crippen molar-refractivity contribution in [1.82, 2.24) is 15.0 Å². The van der Waals surface area contributed by atoms with Crippen molar-refractivity contribution in [3.05, 3.63) is 57.0 Å². The standard InChI is InChI=1S/C18H22F2N4O/c1-11-6-8-24(9-7-11)23-18-21-16(12(2)17(25)22-18)10-13-14(19)4-3-5-15(13)20/h3-5,11H,6-10H2,1-2H3,(H2,21,22,23,25). The van der Waals surface area contributed by atoms with Gasteiger partial charge >= 0.3 is 0 Å². The number of aromatic amines is 1. The first kappa shape index (κ1) is 17.5. The van der Waals surface area contributed by atoms with E-state index in [4.69, 9.17) is 0 Å². The van der Waals surface area contributed by atoms with Crippen molar-refractivity contribution >= 4 is 5.95 Å². The zero-order chi connectivity index (χ0) is 18.0. The molecule has 2 N–H and O–H groups in total. The van der Waals surface area contributed by atoms with E-state index in [2.05, 4.69) is 22.3 Å². The van der Waals surface area contributed by atoms with Gasteiger partial charge in [0.2, 0.25) is 5.95 Å². The van der Waals surface area contributed by atoms with Gasteiger partial charge in [0.15, 0.2) is 0 Å². The normalized spacial score (nSPS) is 16.2. The maximum atomic E-state index is 13.9. The molecule has 1 saturated heterocycles. The summed E-state index contributed by atoms with van der Waals surface area (Å²) in [6.07, 6.45) is 2.06. The van der Waals surface area contributed by atoms with Gasteiger partial charge in [-0.3, -0.25) is 15.2 Å². The molecule has 0 radical (unpaired) electrons. The summed E-state index contributed by atoms with van der Waals surface area (Å²) in [5.74, 6) is -0.290. The van der Waals surface area contributed by atoms with Crippen molar-refractivity contribution < 1.29 is 8.78 Å². The number of halogens is 2. The fourth-order valence-corrected chi connectivity index (χ4v) is 2.94. The second-order valence-electron chi connectivity index (χ2n) is 6.64. The molecule has 1 aliphatic rings. The van der Waals surface area contributed by atoms with E-state index < -0.39 is 11.6 Å². The Hall–Kier alpha value is -2.28. The minimum atomic E-state index is -0.638. The second kappa shape index (κ2) is 7.31. The summed E-state index contributed by atoms with van der Waals surface area (Å²) in [4.78, 5) is 19.2. The number of hydrogen-bond acceptors (Lipinski definition) is 4.